The molecule has 3 unspecified atom stereocenters. The minimum Gasteiger partial charge on any atom is -0.387 e. The first-order valence-corrected chi connectivity index (χ1v) is 20.9. The molecular formula is C45H68N8O4. The summed E-state index contributed by atoms with van der Waals surface area (Å²) in [6.07, 6.45) is 3.30. The van der Waals surface area contributed by atoms with Gasteiger partial charge in [-0.05, 0) is 62.0 Å². The quantitative estimate of drug-likeness (QED) is 0.0594. The summed E-state index contributed by atoms with van der Waals surface area (Å²) < 4.78 is 14.1. The molecule has 0 radical (unpaired) electrons. The summed E-state index contributed by atoms with van der Waals surface area (Å²) in [5.41, 5.74) is 11.1. The highest BCUT2D eigenvalue weighted by Crippen LogP contribution is 2.55. The molecule has 2 amide bonds. The molecule has 2 heterocycles. The molecule has 1 aliphatic heterocycles. The summed E-state index contributed by atoms with van der Waals surface area (Å²) in [5, 5.41) is 15.6. The number of aliphatic imine (C=N–C) groups is 1. The van der Waals surface area contributed by atoms with Crippen LogP contribution in [0.1, 0.15) is 100.0 Å². The summed E-state index contributed by atoms with van der Waals surface area (Å²) >= 11 is 0. The normalized spacial score (nSPS) is 18.7. The third-order valence-electron chi connectivity index (χ3n) is 11.7. The predicted octanol–water partition coefficient (Wildman–Crippen LogP) is 7.01. The number of amidine groups is 1. The molecule has 3 aromatic rings. The van der Waals surface area contributed by atoms with E-state index in [1.54, 1.807) is 4.90 Å². The molecule has 12 nitrogen and oxygen atoms in total. The number of carbonyl (C=O) groups excluding carboxylic acids is 2. The Kier molecular flexibility index (Phi) is 14.7. The Labute approximate surface area is 340 Å². The fraction of sp³-hybridized carbons (Fsp3) is 0.622. The molecule has 1 saturated carbocycles. The predicted molar refractivity (Wildman–Crippen MR) is 229 cm³/mol. The van der Waals surface area contributed by atoms with Crippen LogP contribution in [-0.4, -0.2) is 83.7 Å². The lowest BCUT2D eigenvalue weighted by atomic mass is 9.88. The number of fused-ring (bicyclic) bond motifs is 5. The van der Waals surface area contributed by atoms with Gasteiger partial charge in [0.1, 0.15) is 5.69 Å². The summed E-state index contributed by atoms with van der Waals surface area (Å²) in [6, 6.07) is 16.2. The monoisotopic (exact) mass is 785 g/mol. The van der Waals surface area contributed by atoms with Crippen LogP contribution in [0.15, 0.2) is 53.5 Å². The molecule has 57 heavy (non-hydrogen) atoms. The van der Waals surface area contributed by atoms with Crippen LogP contribution < -0.4 is 21.3 Å². The number of hydrogen-bond acceptors (Lipinski definition) is 8. The molecule has 3 atom stereocenters. The minimum atomic E-state index is -0.607. The molecule has 1 fully saturated rings. The van der Waals surface area contributed by atoms with E-state index < -0.39 is 5.60 Å². The first-order chi connectivity index (χ1) is 27.0. The van der Waals surface area contributed by atoms with E-state index in [1.807, 2.05) is 61.0 Å². The van der Waals surface area contributed by atoms with Crippen molar-refractivity contribution in [2.75, 3.05) is 44.4 Å². The SMILES string of the molecule is CC(CN=C(N)C(C)(C)CCOC(C)(C)CNC(=O)CCC(=O)N1Cc2ccccc2-c2c(nnn2CCOCCNC(C)C)-c2ccccc21)CC1(C)CC1C. The molecule has 12 heteroatoms. The lowest BCUT2D eigenvalue weighted by molar-refractivity contribution is -0.126. The largest absolute Gasteiger partial charge is 0.387 e. The van der Waals surface area contributed by atoms with Gasteiger partial charge in [0, 0.05) is 61.7 Å². The maximum atomic E-state index is 14.0. The van der Waals surface area contributed by atoms with Crippen LogP contribution in [0, 0.1) is 22.7 Å². The van der Waals surface area contributed by atoms with Gasteiger partial charge in [0.25, 0.3) is 0 Å². The molecule has 4 N–H and O–H groups in total. The van der Waals surface area contributed by atoms with E-state index in [1.165, 1.54) is 12.8 Å². The van der Waals surface area contributed by atoms with Crippen molar-refractivity contribution >= 4 is 23.3 Å². The third kappa shape index (κ3) is 12.0. The Bertz CT molecular complexity index is 1850. The lowest BCUT2D eigenvalue weighted by Gasteiger charge is -2.30. The van der Waals surface area contributed by atoms with Gasteiger partial charge < -0.3 is 30.7 Å². The molecule has 1 aliphatic carbocycles. The Morgan fingerprint density at radius 3 is 2.44 bits per heavy atom. The molecule has 2 aromatic carbocycles. The van der Waals surface area contributed by atoms with Crippen molar-refractivity contribution in [3.05, 3.63) is 54.1 Å². The molecule has 312 valence electrons. The van der Waals surface area contributed by atoms with E-state index >= 15 is 0 Å². The summed E-state index contributed by atoms with van der Waals surface area (Å²) in [7, 11) is 0. The lowest BCUT2D eigenvalue weighted by Crippen LogP contribution is -2.42. The summed E-state index contributed by atoms with van der Waals surface area (Å²) in [4.78, 5) is 33.7. The highest BCUT2D eigenvalue weighted by Gasteiger charge is 2.46. The van der Waals surface area contributed by atoms with E-state index in [2.05, 4.69) is 75.5 Å². The highest BCUT2D eigenvalue weighted by atomic mass is 16.5. The van der Waals surface area contributed by atoms with Crippen LogP contribution in [0.4, 0.5) is 5.69 Å². The number of rotatable bonds is 21. The first-order valence-electron chi connectivity index (χ1n) is 20.9. The van der Waals surface area contributed by atoms with Gasteiger partial charge in [0.15, 0.2) is 0 Å². The fourth-order valence-corrected chi connectivity index (χ4v) is 7.64. The Balaban J connectivity index is 1.14. The highest BCUT2D eigenvalue weighted by molar-refractivity contribution is 6.01. The Hall–Kier alpha value is -4.13. The number of nitrogens with zero attached hydrogens (tertiary/aromatic N) is 5. The second-order valence-electron chi connectivity index (χ2n) is 18.2. The van der Waals surface area contributed by atoms with Gasteiger partial charge in [-0.2, -0.15) is 0 Å². The van der Waals surface area contributed by atoms with Crippen molar-refractivity contribution in [1.29, 1.82) is 0 Å². The Morgan fingerprint density at radius 2 is 1.72 bits per heavy atom. The molecule has 1 aromatic heterocycles. The van der Waals surface area contributed by atoms with Crippen LogP contribution in [0.25, 0.3) is 22.5 Å². The molecule has 0 spiro atoms. The number of ether oxygens (including phenoxy) is 2. The van der Waals surface area contributed by atoms with Crippen molar-refractivity contribution in [2.24, 2.45) is 33.4 Å². The second kappa shape index (κ2) is 19.1. The van der Waals surface area contributed by atoms with Crippen molar-refractivity contribution < 1.29 is 19.1 Å². The number of amides is 2. The van der Waals surface area contributed by atoms with Crippen LogP contribution >= 0.6 is 0 Å². The topological polar surface area (TPSA) is 149 Å². The number of nitrogens with one attached hydrogen (secondary N) is 2. The van der Waals surface area contributed by atoms with Gasteiger partial charge in [0.2, 0.25) is 11.8 Å². The van der Waals surface area contributed by atoms with Gasteiger partial charge in [0.05, 0.1) is 49.1 Å². The zero-order valence-electron chi connectivity index (χ0n) is 36.0. The average Bonchev–Trinajstić information content (AvgIpc) is 3.53. The molecule has 0 saturated heterocycles. The van der Waals surface area contributed by atoms with E-state index in [4.69, 9.17) is 20.2 Å². The van der Waals surface area contributed by atoms with Crippen LogP contribution in [0.5, 0.6) is 0 Å². The second-order valence-corrected chi connectivity index (χ2v) is 18.2. The maximum Gasteiger partial charge on any atom is 0.227 e. The maximum absolute atomic E-state index is 14.0. The first kappa shape index (κ1) is 44.0. The number of aromatic nitrogens is 3. The third-order valence-corrected chi connectivity index (χ3v) is 11.7. The number of carbonyl (C=O) groups is 2. The number of para-hydroxylation sites is 1. The Morgan fingerprint density at radius 1 is 1.02 bits per heavy atom. The van der Waals surface area contributed by atoms with Crippen molar-refractivity contribution in [3.63, 3.8) is 0 Å². The summed E-state index contributed by atoms with van der Waals surface area (Å²) in [6.45, 7) is 23.6. The number of hydrogen-bond donors (Lipinski definition) is 3. The van der Waals surface area contributed by atoms with E-state index in [0.29, 0.717) is 74.8 Å². The molecule has 2 aliphatic rings. The zero-order valence-corrected chi connectivity index (χ0v) is 36.0. The standard InChI is InChI=1S/C45H68N8O4/c1-31(2)47-21-24-56-25-22-53-41-35-15-11-10-14-34(35)29-52(37-17-13-12-16-36(37)40(41)50-51-53)39(55)19-18-38(54)49-30-44(7,8)57-23-20-43(5,6)42(46)48-28-32(3)26-45(9)27-33(45)4/h10-17,31-33,47H,18-30H2,1-9H3,(H2,46,48)(H,49,54). The van der Waals surface area contributed by atoms with E-state index in [0.717, 1.165) is 47.1 Å². The van der Waals surface area contributed by atoms with Crippen molar-refractivity contribution in [2.45, 2.75) is 119 Å². The average molecular weight is 785 g/mol. The number of anilines is 1. The smallest absolute Gasteiger partial charge is 0.227 e. The van der Waals surface area contributed by atoms with Crippen LogP contribution in [-0.2, 0) is 32.2 Å². The van der Waals surface area contributed by atoms with Gasteiger partial charge in [-0.3, -0.25) is 14.6 Å². The van der Waals surface area contributed by atoms with Gasteiger partial charge in [-0.25, -0.2) is 4.68 Å². The molecule has 0 bridgehead atoms. The van der Waals surface area contributed by atoms with Crippen LogP contribution in [0.3, 0.4) is 0 Å². The minimum absolute atomic E-state index is 0.0514. The van der Waals surface area contributed by atoms with Crippen molar-refractivity contribution in [1.82, 2.24) is 25.6 Å². The van der Waals surface area contributed by atoms with Gasteiger partial charge >= 0.3 is 0 Å². The number of nitrogens with two attached hydrogens (primary N) is 1. The van der Waals surface area contributed by atoms with Gasteiger partial charge in [-0.1, -0.05) is 96.1 Å². The molecule has 5 rings (SSSR count). The van der Waals surface area contributed by atoms with Crippen LogP contribution in [0.2, 0.25) is 0 Å². The number of benzene rings is 2. The molecular weight excluding hydrogens is 717 g/mol. The van der Waals surface area contributed by atoms with E-state index in [9.17, 15) is 9.59 Å². The van der Waals surface area contributed by atoms with E-state index in [-0.39, 0.29) is 30.1 Å². The van der Waals surface area contributed by atoms with Gasteiger partial charge in [-0.15, -0.1) is 5.10 Å². The summed E-state index contributed by atoms with van der Waals surface area (Å²) in [5.74, 6) is 1.62. The fourth-order valence-electron chi connectivity index (χ4n) is 7.64. The van der Waals surface area contributed by atoms with Crippen molar-refractivity contribution in [3.8, 4) is 22.5 Å². The zero-order chi connectivity index (χ0) is 41.4.